The van der Waals surface area contributed by atoms with E-state index in [0.29, 0.717) is 37.9 Å². The summed E-state index contributed by atoms with van der Waals surface area (Å²) in [6.07, 6.45) is 54.2. The van der Waals surface area contributed by atoms with Gasteiger partial charge in [0, 0.05) is 0 Å². The van der Waals surface area contributed by atoms with Crippen LogP contribution >= 0.6 is 0 Å². The van der Waals surface area contributed by atoms with Crippen LogP contribution in [0, 0.1) is 72.9 Å². The van der Waals surface area contributed by atoms with Crippen molar-refractivity contribution in [2.45, 2.75) is 383 Å². The quantitative estimate of drug-likeness (QED) is 0.264. The molecule has 0 N–H and O–H groups in total. The van der Waals surface area contributed by atoms with E-state index in [1.54, 1.807) is 25.7 Å². The van der Waals surface area contributed by atoms with Crippen LogP contribution in [-0.2, 0) is 0 Å². The zero-order valence-corrected chi connectivity index (χ0v) is 54.0. The van der Waals surface area contributed by atoms with Gasteiger partial charge in [-0.05, 0) is 169 Å². The first-order valence-corrected chi connectivity index (χ1v) is 32.8. The van der Waals surface area contributed by atoms with Crippen LogP contribution in [0.15, 0.2) is 0 Å². The van der Waals surface area contributed by atoms with Crippen molar-refractivity contribution in [3.63, 3.8) is 0 Å². The molecule has 426 valence electrons. The fourth-order valence-electron chi connectivity index (χ4n) is 14.2. The van der Waals surface area contributed by atoms with Gasteiger partial charge < -0.3 is 0 Å². The van der Waals surface area contributed by atoms with Gasteiger partial charge in [0.25, 0.3) is 0 Å². The Balaban J connectivity index is 0.000000409. The van der Waals surface area contributed by atoms with Crippen molar-refractivity contribution in [1.82, 2.24) is 0 Å². The molecule has 0 aliphatic heterocycles. The van der Waals surface area contributed by atoms with Crippen molar-refractivity contribution in [3.8, 4) is 0 Å². The maximum absolute atomic E-state index is 2.43. The van der Waals surface area contributed by atoms with Crippen molar-refractivity contribution in [3.05, 3.63) is 0 Å². The van der Waals surface area contributed by atoms with Crippen LogP contribution in [0.2, 0.25) is 0 Å². The maximum Gasteiger partial charge on any atom is -0.0297 e. The van der Waals surface area contributed by atoms with E-state index in [9.17, 15) is 0 Å². The third-order valence-corrected chi connectivity index (χ3v) is 20.7. The Labute approximate surface area is 453 Å². The molecule has 1 spiro atoms. The summed E-state index contributed by atoms with van der Waals surface area (Å²) >= 11 is 0. The molecule has 0 aromatic carbocycles. The maximum atomic E-state index is 2.43. The van der Waals surface area contributed by atoms with Gasteiger partial charge in [0.2, 0.25) is 0 Å². The zero-order valence-electron chi connectivity index (χ0n) is 54.0. The fraction of sp³-hybridized carbons (Fsp3) is 1.00. The highest BCUT2D eigenvalue weighted by atomic mass is 14.4. The van der Waals surface area contributed by atoms with Crippen molar-refractivity contribution < 1.29 is 0 Å². The minimum Gasteiger partial charge on any atom is -0.0651 e. The van der Waals surface area contributed by atoms with E-state index < -0.39 is 0 Å². The first-order valence-electron chi connectivity index (χ1n) is 32.8. The molecule has 0 aromatic rings. The van der Waals surface area contributed by atoms with Gasteiger partial charge in [-0.3, -0.25) is 0 Å². The van der Waals surface area contributed by atoms with E-state index in [0.717, 1.165) is 35.0 Å². The Hall–Kier alpha value is 0. The Bertz CT molecular complexity index is 1200. The summed E-state index contributed by atoms with van der Waals surface area (Å²) in [5.74, 6) is 5.08. The average molecular weight is 996 g/mol. The molecular weight excluding hydrogens is 853 g/mol. The van der Waals surface area contributed by atoms with Crippen LogP contribution in [0.25, 0.3) is 0 Å². The number of hydrogen-bond donors (Lipinski definition) is 0. The first kappa shape index (κ1) is 69.0. The van der Waals surface area contributed by atoms with Crippen LogP contribution in [0.1, 0.15) is 383 Å². The predicted molar refractivity (Wildman–Crippen MR) is 327 cm³/mol. The van der Waals surface area contributed by atoms with Crippen LogP contribution in [0.3, 0.4) is 0 Å². The lowest BCUT2D eigenvalue weighted by atomic mass is 9.62. The Morgan fingerprint density at radius 2 is 0.620 bits per heavy atom. The molecule has 0 unspecified atom stereocenters. The molecule has 8 rings (SSSR count). The van der Waals surface area contributed by atoms with Crippen molar-refractivity contribution in [2.75, 3.05) is 0 Å². The SMILES string of the molecule is CC1(C)CCC(C)(C)CC1.CC1(C)CCCCC1.CC1CC(C)(C)CC(C)(C)C1.CC1CCC(C)(C)CC1.CC1CCC2(CCCCC2)CC1.CC1CCCCC1.CCC(C)(C)CC.CCC1CCCC1. The second-order valence-electron chi connectivity index (χ2n) is 32.8. The molecule has 0 heteroatoms. The largest absolute Gasteiger partial charge is 0.0651 e. The Morgan fingerprint density at radius 3 is 0.887 bits per heavy atom. The lowest BCUT2D eigenvalue weighted by Crippen LogP contribution is -2.32. The monoisotopic (exact) mass is 995 g/mol. The van der Waals surface area contributed by atoms with Crippen LogP contribution in [0.4, 0.5) is 0 Å². The normalized spacial score (nSPS) is 26.8. The van der Waals surface area contributed by atoms with Crippen molar-refractivity contribution in [2.24, 2.45) is 72.9 Å². The summed E-state index contributed by atoms with van der Waals surface area (Å²) in [5, 5.41) is 0. The lowest BCUT2D eigenvalue weighted by Gasteiger charge is -2.44. The molecule has 0 aromatic heterocycles. The highest BCUT2D eigenvalue weighted by Gasteiger charge is 2.37. The summed E-state index contributed by atoms with van der Waals surface area (Å²) in [6.45, 7) is 49.7. The molecule has 0 nitrogen and oxygen atoms in total. The molecule has 0 bridgehead atoms. The average Bonchev–Trinajstić information content (AvgIpc) is 3.83. The molecule has 8 aliphatic rings. The molecule has 8 aliphatic carbocycles. The highest BCUT2D eigenvalue weighted by molar-refractivity contribution is 4.89. The number of hydrogen-bond acceptors (Lipinski definition) is 0. The highest BCUT2D eigenvalue weighted by Crippen LogP contribution is 2.50. The molecular formula is C71H142. The molecule has 0 saturated heterocycles. The second-order valence-corrected chi connectivity index (χ2v) is 32.8. The first-order chi connectivity index (χ1) is 32.8. The smallest absolute Gasteiger partial charge is 0.0297 e. The van der Waals surface area contributed by atoms with Gasteiger partial charge in [-0.1, -0.05) is 287 Å². The molecule has 0 atom stereocenters. The second kappa shape index (κ2) is 33.3. The van der Waals surface area contributed by atoms with Gasteiger partial charge in [0.1, 0.15) is 0 Å². The minimum atomic E-state index is 0.583. The van der Waals surface area contributed by atoms with Crippen LogP contribution in [0.5, 0.6) is 0 Å². The molecule has 8 fully saturated rings. The third kappa shape index (κ3) is 34.4. The topological polar surface area (TPSA) is 0 Å². The Morgan fingerprint density at radius 1 is 0.310 bits per heavy atom. The van der Waals surface area contributed by atoms with Crippen molar-refractivity contribution >= 4 is 0 Å². The third-order valence-electron chi connectivity index (χ3n) is 20.7. The van der Waals surface area contributed by atoms with Gasteiger partial charge in [0.15, 0.2) is 0 Å². The van der Waals surface area contributed by atoms with E-state index in [1.807, 2.05) is 0 Å². The van der Waals surface area contributed by atoms with E-state index >= 15 is 0 Å². The van der Waals surface area contributed by atoms with E-state index in [4.69, 9.17) is 0 Å². The standard InChI is InChI=1S/C12H22.C11H22.C10H20.C9H18.C8H16.2C7H14.C7H16/c1-11-5-9-12(10-6-11)7-3-2-4-8-12;1-9-6-10(2,3)8-11(4,5)7-9;1-9(2)5-7-10(3,4)8-6-9;1-8-4-6-9(2,3)7-5-8;1-8(2)6-4-3-5-7-8;1-7-5-3-2-4-6-7;1-2-7-5-3-4-6-7;1-5-7(3,4)6-2/h11H,2-10H2,1H3;9H,6-8H2,1-5H3;5-8H2,1-4H3;8H,4-7H2,1-3H3;3-7H2,1-2H3;2*7H,2-6H2,1H3;5-6H2,1-4H3. The summed E-state index contributed by atoms with van der Waals surface area (Å²) < 4.78 is 0. The molecule has 8 saturated carbocycles. The molecule has 0 radical (unpaired) electrons. The van der Waals surface area contributed by atoms with Crippen molar-refractivity contribution in [1.29, 1.82) is 0 Å². The van der Waals surface area contributed by atoms with E-state index in [2.05, 4.69) is 145 Å². The summed E-state index contributed by atoms with van der Waals surface area (Å²) in [5.41, 5.74) is 5.20. The molecule has 0 heterocycles. The fourth-order valence-corrected chi connectivity index (χ4v) is 14.2. The molecule has 0 amide bonds. The number of rotatable bonds is 3. The zero-order chi connectivity index (χ0) is 54.0. The summed E-state index contributed by atoms with van der Waals surface area (Å²) in [7, 11) is 0. The summed E-state index contributed by atoms with van der Waals surface area (Å²) in [4.78, 5) is 0. The van der Waals surface area contributed by atoms with Gasteiger partial charge in [-0.15, -0.1) is 0 Å². The van der Waals surface area contributed by atoms with Gasteiger partial charge in [-0.25, -0.2) is 0 Å². The molecule has 71 heavy (non-hydrogen) atoms. The van der Waals surface area contributed by atoms with Gasteiger partial charge >= 0.3 is 0 Å². The van der Waals surface area contributed by atoms with Crippen LogP contribution in [-0.4, -0.2) is 0 Å². The lowest BCUT2D eigenvalue weighted by molar-refractivity contribution is 0.0754. The van der Waals surface area contributed by atoms with Crippen LogP contribution < -0.4 is 0 Å². The summed E-state index contributed by atoms with van der Waals surface area (Å²) in [6, 6.07) is 0. The predicted octanol–water partition coefficient (Wildman–Crippen LogP) is 25.8. The van der Waals surface area contributed by atoms with E-state index in [-0.39, 0.29) is 0 Å². The van der Waals surface area contributed by atoms with Gasteiger partial charge in [-0.2, -0.15) is 0 Å². The van der Waals surface area contributed by atoms with E-state index in [1.165, 1.54) is 212 Å². The Kier molecular flexibility index (Phi) is 32.4. The van der Waals surface area contributed by atoms with Gasteiger partial charge in [0.05, 0.1) is 0 Å². The minimum absolute atomic E-state index is 0.583.